The second-order valence-corrected chi connectivity index (χ2v) is 15.7. The van der Waals surface area contributed by atoms with Crippen LogP contribution in [0.4, 0.5) is 0 Å². The fourth-order valence-electron chi connectivity index (χ4n) is 8.65. The normalized spacial score (nSPS) is 11.0. The number of para-hydroxylation sites is 1. The van der Waals surface area contributed by atoms with Gasteiger partial charge < -0.3 is 4.57 Å². The van der Waals surface area contributed by atoms with Gasteiger partial charge in [0.1, 0.15) is 0 Å². The fraction of sp³-hybridized carbons (Fsp3) is 0. The van der Waals surface area contributed by atoms with Crippen molar-refractivity contribution >= 4 is 21.8 Å². The summed E-state index contributed by atoms with van der Waals surface area (Å²) in [5, 5.41) is 23.2. The minimum Gasteiger partial charge on any atom is -0.308 e. The number of hydrogen-bond acceptors (Lipinski definition) is 6. The Labute approximate surface area is 375 Å². The molecule has 8 aromatic carbocycles. The molecule has 0 fully saturated rings. The van der Waals surface area contributed by atoms with E-state index in [1.54, 1.807) is 0 Å². The topological polar surface area (TPSA) is 104 Å². The lowest BCUT2D eigenvalue weighted by Gasteiger charge is -2.20. The van der Waals surface area contributed by atoms with Crippen LogP contribution in [-0.4, -0.2) is 24.5 Å². The van der Waals surface area contributed by atoms with Gasteiger partial charge in [-0.15, -0.1) is 0 Å². The predicted molar refractivity (Wildman–Crippen MR) is 259 cm³/mol. The van der Waals surface area contributed by atoms with E-state index in [4.69, 9.17) is 19.9 Å². The van der Waals surface area contributed by atoms with Gasteiger partial charge in [-0.05, 0) is 53.6 Å². The van der Waals surface area contributed by atoms with Crippen LogP contribution in [0.5, 0.6) is 0 Å². The molecule has 0 bridgehead atoms. The predicted octanol–water partition coefficient (Wildman–Crippen LogP) is 13.8. The van der Waals surface area contributed by atoms with E-state index in [2.05, 4.69) is 47.0 Å². The number of aromatic nitrogens is 5. The van der Waals surface area contributed by atoms with E-state index in [9.17, 15) is 10.5 Å². The van der Waals surface area contributed by atoms with Crippen LogP contribution in [0.25, 0.3) is 106 Å². The minimum atomic E-state index is 0.396. The van der Waals surface area contributed by atoms with Crippen molar-refractivity contribution in [3.8, 4) is 96.8 Å². The zero-order valence-corrected chi connectivity index (χ0v) is 34.8. The summed E-state index contributed by atoms with van der Waals surface area (Å²) in [4.78, 5) is 21.4. The molecule has 3 heterocycles. The summed E-state index contributed by atoms with van der Waals surface area (Å²) in [5.74, 6) is 0.857. The molecule has 0 spiro atoms. The lowest BCUT2D eigenvalue weighted by atomic mass is 9.98. The van der Waals surface area contributed by atoms with E-state index >= 15 is 0 Å². The molecule has 0 atom stereocenters. The highest BCUT2D eigenvalue weighted by atomic mass is 15.0. The number of rotatable bonds is 8. The van der Waals surface area contributed by atoms with Crippen LogP contribution in [0, 0.1) is 22.7 Å². The molecule has 0 saturated heterocycles. The molecule has 0 amide bonds. The zero-order valence-electron chi connectivity index (χ0n) is 34.8. The second-order valence-electron chi connectivity index (χ2n) is 15.7. The molecule has 0 saturated carbocycles. The third-order valence-corrected chi connectivity index (χ3v) is 11.7. The maximum atomic E-state index is 10.9. The highest BCUT2D eigenvalue weighted by Crippen LogP contribution is 2.43. The standard InChI is InChI=1S/C58H35N7/c59-36-38-31-48(57-61-50(39-17-5-1-6-18-39)34-51(62-57)40-19-7-2-8-20-40)56(49(32-38)58-63-52(41-21-9-3-10-22-41)35-53(64-58)42-23-11-4-12-24-42)65-54-28-16-15-27-46(54)47-30-29-43(33-55(47)65)45-26-14-13-25-44(45)37-60/h1-35H. The van der Waals surface area contributed by atoms with Crippen molar-refractivity contribution in [2.75, 3.05) is 0 Å². The lowest BCUT2D eigenvalue weighted by Crippen LogP contribution is -2.06. The number of nitriles is 2. The van der Waals surface area contributed by atoms with Crippen molar-refractivity contribution in [1.82, 2.24) is 24.5 Å². The molecule has 0 unspecified atom stereocenters. The average molecular weight is 830 g/mol. The number of benzene rings is 8. The number of fused-ring (bicyclic) bond motifs is 3. The molecular weight excluding hydrogens is 795 g/mol. The number of hydrogen-bond donors (Lipinski definition) is 0. The van der Waals surface area contributed by atoms with Crippen LogP contribution in [-0.2, 0) is 0 Å². The van der Waals surface area contributed by atoms with Crippen LogP contribution >= 0.6 is 0 Å². The van der Waals surface area contributed by atoms with Crippen molar-refractivity contribution < 1.29 is 0 Å². The van der Waals surface area contributed by atoms with E-state index in [0.29, 0.717) is 39.6 Å². The molecule has 302 valence electrons. The highest BCUT2D eigenvalue weighted by Gasteiger charge is 2.26. The smallest absolute Gasteiger partial charge is 0.162 e. The van der Waals surface area contributed by atoms with E-state index in [1.165, 1.54) is 0 Å². The largest absolute Gasteiger partial charge is 0.308 e. The van der Waals surface area contributed by atoms with E-state index in [-0.39, 0.29) is 0 Å². The Balaban J connectivity index is 1.30. The van der Waals surface area contributed by atoms with Crippen molar-refractivity contribution in [1.29, 1.82) is 10.5 Å². The molecule has 0 aliphatic carbocycles. The quantitative estimate of drug-likeness (QED) is 0.151. The molecule has 0 radical (unpaired) electrons. The summed E-state index contributed by atoms with van der Waals surface area (Å²) in [7, 11) is 0. The Morgan fingerprint density at radius 1 is 0.338 bits per heavy atom. The number of nitrogens with zero attached hydrogens (tertiary/aromatic N) is 7. The van der Waals surface area contributed by atoms with Gasteiger partial charge in [0.2, 0.25) is 0 Å². The van der Waals surface area contributed by atoms with Gasteiger partial charge in [0.15, 0.2) is 11.6 Å². The Kier molecular flexibility index (Phi) is 9.82. The van der Waals surface area contributed by atoms with E-state index in [1.807, 2.05) is 182 Å². The van der Waals surface area contributed by atoms with Gasteiger partial charge in [-0.25, -0.2) is 19.9 Å². The van der Waals surface area contributed by atoms with Crippen molar-refractivity contribution in [2.45, 2.75) is 0 Å². The average Bonchev–Trinajstić information content (AvgIpc) is 3.72. The van der Waals surface area contributed by atoms with Crippen molar-refractivity contribution in [2.24, 2.45) is 0 Å². The Hall–Kier alpha value is -9.30. The highest BCUT2D eigenvalue weighted by molar-refractivity contribution is 6.11. The first kappa shape index (κ1) is 38.6. The summed E-state index contributed by atoms with van der Waals surface area (Å²) < 4.78 is 2.23. The molecule has 0 N–H and O–H groups in total. The molecule has 11 aromatic rings. The van der Waals surface area contributed by atoms with E-state index in [0.717, 1.165) is 78.0 Å². The minimum absolute atomic E-state index is 0.396. The lowest BCUT2D eigenvalue weighted by molar-refractivity contribution is 1.12. The zero-order chi connectivity index (χ0) is 43.7. The van der Waals surface area contributed by atoms with Crippen molar-refractivity contribution in [3.63, 3.8) is 0 Å². The molecule has 65 heavy (non-hydrogen) atoms. The maximum Gasteiger partial charge on any atom is 0.162 e. The maximum absolute atomic E-state index is 10.9. The molecule has 3 aromatic heterocycles. The summed E-state index contributed by atoms with van der Waals surface area (Å²) in [5.41, 5.74) is 13.1. The summed E-state index contributed by atoms with van der Waals surface area (Å²) >= 11 is 0. The van der Waals surface area contributed by atoms with Gasteiger partial charge in [0.25, 0.3) is 0 Å². The Bertz CT molecular complexity index is 3400. The van der Waals surface area contributed by atoms with Crippen LogP contribution < -0.4 is 0 Å². The molecule has 7 nitrogen and oxygen atoms in total. The van der Waals surface area contributed by atoms with Crippen LogP contribution in [0.2, 0.25) is 0 Å². The van der Waals surface area contributed by atoms with Crippen LogP contribution in [0.15, 0.2) is 212 Å². The molecular formula is C58H35N7. The second kappa shape index (κ2) is 16.5. The van der Waals surface area contributed by atoms with Gasteiger partial charge >= 0.3 is 0 Å². The van der Waals surface area contributed by atoms with Gasteiger partial charge in [-0.1, -0.05) is 170 Å². The van der Waals surface area contributed by atoms with Crippen molar-refractivity contribution in [3.05, 3.63) is 223 Å². The molecule has 11 rings (SSSR count). The first-order valence-electron chi connectivity index (χ1n) is 21.3. The van der Waals surface area contributed by atoms with Crippen LogP contribution in [0.1, 0.15) is 11.1 Å². The summed E-state index contributed by atoms with van der Waals surface area (Å²) in [6, 6.07) is 75.3. The van der Waals surface area contributed by atoms with Gasteiger partial charge in [0, 0.05) is 44.2 Å². The summed E-state index contributed by atoms with van der Waals surface area (Å²) in [6.07, 6.45) is 0. The Morgan fingerprint density at radius 2 is 0.769 bits per heavy atom. The third kappa shape index (κ3) is 7.16. The van der Waals surface area contributed by atoms with Gasteiger partial charge in [0.05, 0.1) is 62.8 Å². The first-order valence-corrected chi connectivity index (χ1v) is 21.3. The molecule has 0 aliphatic heterocycles. The van der Waals surface area contributed by atoms with E-state index < -0.39 is 0 Å². The SMILES string of the molecule is N#Cc1cc(-c2nc(-c3ccccc3)cc(-c3ccccc3)n2)c(-n2c3ccccc3c3ccc(-c4ccccc4C#N)cc32)c(-c2nc(-c3ccccc3)cc(-c3ccccc3)n2)c1. The first-order chi connectivity index (χ1) is 32.1. The summed E-state index contributed by atoms with van der Waals surface area (Å²) in [6.45, 7) is 0. The van der Waals surface area contributed by atoms with Gasteiger partial charge in [-0.3, -0.25) is 0 Å². The third-order valence-electron chi connectivity index (χ3n) is 11.7. The van der Waals surface area contributed by atoms with Crippen LogP contribution in [0.3, 0.4) is 0 Å². The molecule has 7 heteroatoms. The Morgan fingerprint density at radius 3 is 1.25 bits per heavy atom. The molecule has 0 aliphatic rings. The fourth-order valence-corrected chi connectivity index (χ4v) is 8.65. The monoisotopic (exact) mass is 829 g/mol. The van der Waals surface area contributed by atoms with Gasteiger partial charge in [-0.2, -0.15) is 10.5 Å².